The molecule has 2 aromatic rings. The maximum absolute atomic E-state index is 12.4. The van der Waals surface area contributed by atoms with E-state index in [1.54, 1.807) is 24.3 Å². The molecule has 0 aromatic heterocycles. The van der Waals surface area contributed by atoms with Crippen LogP contribution in [-0.2, 0) is 4.79 Å². The predicted octanol–water partition coefficient (Wildman–Crippen LogP) is 7.10. The summed E-state index contributed by atoms with van der Waals surface area (Å²) in [5.41, 5.74) is 1.72. The van der Waals surface area contributed by atoms with Crippen LogP contribution in [0.3, 0.4) is 0 Å². The third-order valence-corrected chi connectivity index (χ3v) is 4.03. The van der Waals surface area contributed by atoms with Crippen LogP contribution in [0.15, 0.2) is 54.6 Å². The van der Waals surface area contributed by atoms with E-state index < -0.39 is 0 Å². The van der Waals surface area contributed by atoms with Gasteiger partial charge in [0.1, 0.15) is 5.75 Å². The molecule has 0 aliphatic carbocycles. The van der Waals surface area contributed by atoms with Gasteiger partial charge < -0.3 is 10.4 Å². The van der Waals surface area contributed by atoms with Gasteiger partial charge in [-0.3, -0.25) is 4.79 Å². The minimum atomic E-state index is -0.0742. The summed E-state index contributed by atoms with van der Waals surface area (Å²) in [6.45, 7) is 4.16. The Bertz CT molecular complexity index is 611. The molecule has 0 aliphatic heterocycles. The highest BCUT2D eigenvalue weighted by Gasteiger charge is 2.21. The van der Waals surface area contributed by atoms with Crippen molar-refractivity contribution in [1.29, 1.82) is 0 Å². The van der Waals surface area contributed by atoms with Crippen molar-refractivity contribution in [2.75, 3.05) is 5.32 Å². The molecule has 0 saturated heterocycles. The average molecular weight is 362 g/mol. The van der Waals surface area contributed by atoms with E-state index in [-0.39, 0.29) is 47.3 Å². The molecule has 0 aliphatic rings. The SMILES string of the molecule is C.C.C.C.CCC(CC(C)c1ccccc1)C(=O)Nc1ccccc1O. The largest absolute Gasteiger partial charge is 0.506 e. The number of amides is 1. The third-order valence-electron chi connectivity index (χ3n) is 4.03. The first-order chi connectivity index (χ1) is 10.6. The first-order valence-corrected chi connectivity index (χ1v) is 7.75. The van der Waals surface area contributed by atoms with Crippen molar-refractivity contribution in [3.8, 4) is 5.75 Å². The van der Waals surface area contributed by atoms with Crippen molar-refractivity contribution in [2.24, 2.45) is 5.92 Å². The summed E-state index contributed by atoms with van der Waals surface area (Å²) in [5, 5.41) is 12.6. The summed E-state index contributed by atoms with van der Waals surface area (Å²) in [4.78, 5) is 12.4. The van der Waals surface area contributed by atoms with Crippen LogP contribution in [0, 0.1) is 5.92 Å². The van der Waals surface area contributed by atoms with Crippen LogP contribution < -0.4 is 5.32 Å². The van der Waals surface area contributed by atoms with Crippen molar-refractivity contribution in [1.82, 2.24) is 0 Å². The van der Waals surface area contributed by atoms with E-state index in [2.05, 4.69) is 24.4 Å². The summed E-state index contributed by atoms with van der Waals surface area (Å²) < 4.78 is 0. The monoisotopic (exact) mass is 361 g/mol. The number of hydrogen-bond acceptors (Lipinski definition) is 2. The quantitative estimate of drug-likeness (QED) is 0.539. The van der Waals surface area contributed by atoms with E-state index in [0.29, 0.717) is 11.6 Å². The van der Waals surface area contributed by atoms with Gasteiger partial charge in [0, 0.05) is 5.92 Å². The van der Waals surface area contributed by atoms with Crippen molar-refractivity contribution >= 4 is 11.6 Å². The number of carbonyl (C=O) groups excluding carboxylic acids is 1. The van der Waals surface area contributed by atoms with Gasteiger partial charge in [0.2, 0.25) is 5.91 Å². The van der Waals surface area contributed by atoms with Crippen molar-refractivity contribution in [3.05, 3.63) is 60.2 Å². The van der Waals surface area contributed by atoms with Crippen molar-refractivity contribution in [2.45, 2.75) is 62.3 Å². The third kappa shape index (κ3) is 7.73. The van der Waals surface area contributed by atoms with Crippen LogP contribution in [0.4, 0.5) is 5.69 Å². The molecule has 148 valence electrons. The topological polar surface area (TPSA) is 49.3 Å². The van der Waals surface area contributed by atoms with E-state index in [9.17, 15) is 9.90 Å². The van der Waals surface area contributed by atoms with Gasteiger partial charge in [-0.1, -0.05) is 86.0 Å². The molecule has 0 bridgehead atoms. The number of phenols is 1. The number of rotatable bonds is 6. The van der Waals surface area contributed by atoms with Crippen LogP contribution in [0.2, 0.25) is 0 Å². The number of carbonyl (C=O) groups is 1. The molecule has 0 spiro atoms. The van der Waals surface area contributed by atoms with Gasteiger partial charge in [0.15, 0.2) is 0 Å². The molecule has 26 heavy (non-hydrogen) atoms. The van der Waals surface area contributed by atoms with Crippen LogP contribution in [0.1, 0.15) is 67.9 Å². The molecule has 0 radical (unpaired) electrons. The van der Waals surface area contributed by atoms with Gasteiger partial charge in [0.05, 0.1) is 5.69 Å². The summed E-state index contributed by atoms with van der Waals surface area (Å²) in [7, 11) is 0. The number of nitrogens with one attached hydrogen (secondary N) is 1. The summed E-state index contributed by atoms with van der Waals surface area (Å²) >= 11 is 0. The standard InChI is InChI=1S/C19H23NO2.4CH4/c1-3-15(13-14(2)16-9-5-4-6-10-16)19(22)20-17-11-7-8-12-18(17)21;;;;/h4-12,14-15,21H,3,13H2,1-2H3,(H,20,22);4*1H4. The Balaban J connectivity index is -0.00000132. The zero-order valence-corrected chi connectivity index (χ0v) is 13.1. The van der Waals surface area contributed by atoms with E-state index in [1.165, 1.54) is 5.56 Å². The van der Waals surface area contributed by atoms with Gasteiger partial charge in [0.25, 0.3) is 0 Å². The Morgan fingerprint density at radius 1 is 0.962 bits per heavy atom. The molecule has 2 atom stereocenters. The van der Waals surface area contributed by atoms with Gasteiger partial charge in [-0.2, -0.15) is 0 Å². The molecule has 0 saturated carbocycles. The molecular formula is C23H39NO2. The minimum Gasteiger partial charge on any atom is -0.506 e. The number of hydrogen-bond donors (Lipinski definition) is 2. The Labute approximate surface area is 161 Å². The number of para-hydroxylation sites is 2. The zero-order chi connectivity index (χ0) is 15.9. The second-order valence-corrected chi connectivity index (χ2v) is 5.66. The molecule has 0 heterocycles. The molecule has 2 unspecified atom stereocenters. The second-order valence-electron chi connectivity index (χ2n) is 5.66. The molecular weight excluding hydrogens is 322 g/mol. The molecule has 2 aromatic carbocycles. The van der Waals surface area contributed by atoms with Crippen LogP contribution in [0.5, 0.6) is 5.75 Å². The Morgan fingerprint density at radius 3 is 2.04 bits per heavy atom. The molecule has 2 N–H and O–H groups in total. The van der Waals surface area contributed by atoms with Gasteiger partial charge >= 0.3 is 0 Å². The summed E-state index contributed by atoms with van der Waals surface area (Å²) in [6, 6.07) is 17.0. The van der Waals surface area contributed by atoms with E-state index in [1.807, 2.05) is 25.1 Å². The molecule has 3 nitrogen and oxygen atoms in total. The summed E-state index contributed by atoms with van der Waals surface area (Å²) in [5.74, 6) is 0.310. The fourth-order valence-corrected chi connectivity index (χ4v) is 2.62. The number of benzene rings is 2. The second kappa shape index (κ2) is 13.9. The highest BCUT2D eigenvalue weighted by molar-refractivity contribution is 5.93. The van der Waals surface area contributed by atoms with E-state index in [0.717, 1.165) is 12.8 Å². The lowest BCUT2D eigenvalue weighted by molar-refractivity contribution is -0.120. The van der Waals surface area contributed by atoms with Crippen LogP contribution >= 0.6 is 0 Å². The van der Waals surface area contributed by atoms with E-state index >= 15 is 0 Å². The van der Waals surface area contributed by atoms with Crippen molar-refractivity contribution < 1.29 is 9.90 Å². The lowest BCUT2D eigenvalue weighted by atomic mass is 9.88. The van der Waals surface area contributed by atoms with E-state index in [4.69, 9.17) is 0 Å². The average Bonchev–Trinajstić information content (AvgIpc) is 2.55. The predicted molar refractivity (Wildman–Crippen MR) is 117 cm³/mol. The first kappa shape index (κ1) is 28.5. The maximum Gasteiger partial charge on any atom is 0.227 e. The lowest BCUT2D eigenvalue weighted by Crippen LogP contribution is -2.23. The number of aromatic hydroxyl groups is 1. The fraction of sp³-hybridized carbons (Fsp3) is 0.435. The van der Waals surface area contributed by atoms with Gasteiger partial charge in [-0.15, -0.1) is 0 Å². The molecule has 0 fully saturated rings. The molecule has 2 rings (SSSR count). The summed E-state index contributed by atoms with van der Waals surface area (Å²) in [6.07, 6.45) is 1.57. The number of anilines is 1. The fourth-order valence-electron chi connectivity index (χ4n) is 2.62. The normalized spacial score (nSPS) is 11.3. The number of phenolic OH excluding ortho intramolecular Hbond substituents is 1. The van der Waals surface area contributed by atoms with Crippen LogP contribution in [-0.4, -0.2) is 11.0 Å². The smallest absolute Gasteiger partial charge is 0.227 e. The highest BCUT2D eigenvalue weighted by Crippen LogP contribution is 2.27. The highest BCUT2D eigenvalue weighted by atomic mass is 16.3. The maximum atomic E-state index is 12.4. The van der Waals surface area contributed by atoms with Gasteiger partial charge in [-0.05, 0) is 36.5 Å². The Kier molecular flexibility index (Phi) is 15.3. The van der Waals surface area contributed by atoms with Crippen LogP contribution in [0.25, 0.3) is 0 Å². The Morgan fingerprint density at radius 2 is 1.50 bits per heavy atom. The van der Waals surface area contributed by atoms with Crippen molar-refractivity contribution in [3.63, 3.8) is 0 Å². The lowest BCUT2D eigenvalue weighted by Gasteiger charge is -2.20. The zero-order valence-electron chi connectivity index (χ0n) is 13.1. The Hall–Kier alpha value is -2.29. The van der Waals surface area contributed by atoms with Gasteiger partial charge in [-0.25, -0.2) is 0 Å². The first-order valence-electron chi connectivity index (χ1n) is 7.75. The molecule has 1 amide bonds. The molecule has 3 heteroatoms. The minimum absolute atomic E-state index is 0.